The van der Waals surface area contributed by atoms with E-state index in [1.807, 2.05) is 6.07 Å². The van der Waals surface area contributed by atoms with Gasteiger partial charge in [-0.1, -0.05) is 48.7 Å². The molecule has 0 radical (unpaired) electrons. The van der Waals surface area contributed by atoms with Crippen LogP contribution in [0.4, 0.5) is 0 Å². The zero-order valence-corrected chi connectivity index (χ0v) is 14.7. The average molecular weight is 325 g/mol. The molecule has 0 bridgehead atoms. The quantitative estimate of drug-likeness (QED) is 0.806. The van der Waals surface area contributed by atoms with Crippen LogP contribution in [0, 0.1) is 6.92 Å². The van der Waals surface area contributed by atoms with Crippen molar-refractivity contribution in [2.24, 2.45) is 0 Å². The van der Waals surface area contributed by atoms with Gasteiger partial charge in [0.25, 0.3) is 0 Å². The second kappa shape index (κ2) is 8.20. The second-order valence-corrected chi connectivity index (χ2v) is 6.62. The van der Waals surface area contributed by atoms with E-state index in [2.05, 4.69) is 48.6 Å². The number of benzene rings is 2. The first-order valence-corrected chi connectivity index (χ1v) is 8.83. The number of methoxy groups -OCH3 is 1. The van der Waals surface area contributed by atoms with Crippen LogP contribution in [0.5, 0.6) is 11.5 Å². The number of nitrogens with one attached hydrogen (secondary N) is 1. The van der Waals surface area contributed by atoms with Crippen molar-refractivity contribution in [3.63, 3.8) is 0 Å². The third kappa shape index (κ3) is 4.51. The molecule has 1 aliphatic carbocycles. The maximum atomic E-state index is 5.94. The zero-order chi connectivity index (χ0) is 16.8. The van der Waals surface area contributed by atoms with E-state index in [4.69, 9.17) is 9.47 Å². The molecule has 2 aromatic rings. The molecule has 24 heavy (non-hydrogen) atoms. The second-order valence-electron chi connectivity index (χ2n) is 6.62. The molecule has 0 spiro atoms. The molecule has 0 amide bonds. The van der Waals surface area contributed by atoms with E-state index in [1.54, 1.807) is 7.11 Å². The number of rotatable bonds is 7. The van der Waals surface area contributed by atoms with Gasteiger partial charge in [0.1, 0.15) is 6.61 Å². The summed E-state index contributed by atoms with van der Waals surface area (Å²) in [6.45, 7) is 3.53. The van der Waals surface area contributed by atoms with E-state index in [9.17, 15) is 0 Å². The largest absolute Gasteiger partial charge is 0.493 e. The first-order valence-electron chi connectivity index (χ1n) is 8.83. The predicted octanol–water partition coefficient (Wildman–Crippen LogP) is 4.61. The van der Waals surface area contributed by atoms with Crippen molar-refractivity contribution in [3.05, 3.63) is 59.2 Å². The minimum atomic E-state index is 0.552. The van der Waals surface area contributed by atoms with E-state index in [1.165, 1.54) is 36.8 Å². The molecule has 1 aliphatic rings. The number of hydrogen-bond acceptors (Lipinski definition) is 3. The zero-order valence-electron chi connectivity index (χ0n) is 14.7. The van der Waals surface area contributed by atoms with Crippen LogP contribution in [0.2, 0.25) is 0 Å². The Labute approximate surface area is 145 Å². The first-order chi connectivity index (χ1) is 11.7. The monoisotopic (exact) mass is 325 g/mol. The lowest BCUT2D eigenvalue weighted by molar-refractivity contribution is 0.284. The standard InChI is InChI=1S/C21H27NO2/c1-16-7-9-17(10-8-16)15-24-20-12-11-18(13-21(20)23-2)14-22-19-5-3-4-6-19/h7-13,19,22H,3-6,14-15H2,1-2H3. The van der Waals surface area contributed by atoms with Crippen LogP contribution in [0.1, 0.15) is 42.4 Å². The molecule has 1 saturated carbocycles. The van der Waals surface area contributed by atoms with Gasteiger partial charge in [-0.3, -0.25) is 0 Å². The Bertz CT molecular complexity index is 645. The Kier molecular flexibility index (Phi) is 5.76. The van der Waals surface area contributed by atoms with Crippen LogP contribution in [0.25, 0.3) is 0 Å². The summed E-state index contributed by atoms with van der Waals surface area (Å²) < 4.78 is 11.5. The molecule has 0 unspecified atom stereocenters. The molecule has 0 saturated heterocycles. The Balaban J connectivity index is 1.59. The summed E-state index contributed by atoms with van der Waals surface area (Å²) in [6.07, 6.45) is 5.31. The van der Waals surface area contributed by atoms with Crippen LogP contribution < -0.4 is 14.8 Å². The molecule has 0 atom stereocenters. The van der Waals surface area contributed by atoms with Crippen molar-refractivity contribution in [1.82, 2.24) is 5.32 Å². The van der Waals surface area contributed by atoms with Crippen LogP contribution >= 0.6 is 0 Å². The van der Waals surface area contributed by atoms with Crippen LogP contribution in [0.15, 0.2) is 42.5 Å². The summed E-state index contributed by atoms with van der Waals surface area (Å²) in [5, 5.41) is 3.64. The van der Waals surface area contributed by atoms with Crippen LogP contribution in [-0.2, 0) is 13.2 Å². The Morgan fingerprint density at radius 2 is 1.67 bits per heavy atom. The van der Waals surface area contributed by atoms with Gasteiger partial charge in [-0.2, -0.15) is 0 Å². The van der Waals surface area contributed by atoms with Crippen molar-refractivity contribution in [2.75, 3.05) is 7.11 Å². The third-order valence-electron chi connectivity index (χ3n) is 4.69. The van der Waals surface area contributed by atoms with Crippen molar-refractivity contribution >= 4 is 0 Å². The fraction of sp³-hybridized carbons (Fsp3) is 0.429. The summed E-state index contributed by atoms with van der Waals surface area (Å²) >= 11 is 0. The molecule has 128 valence electrons. The topological polar surface area (TPSA) is 30.5 Å². The molecule has 0 aromatic heterocycles. The maximum Gasteiger partial charge on any atom is 0.161 e. The lowest BCUT2D eigenvalue weighted by Gasteiger charge is -2.15. The summed E-state index contributed by atoms with van der Waals surface area (Å²) in [5.41, 5.74) is 3.66. The highest BCUT2D eigenvalue weighted by atomic mass is 16.5. The lowest BCUT2D eigenvalue weighted by Crippen LogP contribution is -2.25. The molecule has 0 heterocycles. The third-order valence-corrected chi connectivity index (χ3v) is 4.69. The van der Waals surface area contributed by atoms with Crippen molar-refractivity contribution < 1.29 is 9.47 Å². The highest BCUT2D eigenvalue weighted by Crippen LogP contribution is 2.29. The number of ether oxygens (including phenoxy) is 2. The average Bonchev–Trinajstić information content (AvgIpc) is 3.13. The van der Waals surface area contributed by atoms with Crippen molar-refractivity contribution in [2.45, 2.75) is 51.8 Å². The Hall–Kier alpha value is -2.00. The van der Waals surface area contributed by atoms with E-state index in [0.29, 0.717) is 12.6 Å². The molecule has 3 heteroatoms. The summed E-state index contributed by atoms with van der Waals surface area (Å²) in [4.78, 5) is 0. The molecule has 1 fully saturated rings. The van der Waals surface area contributed by atoms with Gasteiger partial charge in [0.15, 0.2) is 11.5 Å². The van der Waals surface area contributed by atoms with E-state index >= 15 is 0 Å². The smallest absolute Gasteiger partial charge is 0.161 e. The van der Waals surface area contributed by atoms with Gasteiger partial charge in [-0.05, 0) is 43.0 Å². The van der Waals surface area contributed by atoms with Gasteiger partial charge >= 0.3 is 0 Å². The maximum absolute atomic E-state index is 5.94. The van der Waals surface area contributed by atoms with Crippen LogP contribution in [-0.4, -0.2) is 13.2 Å². The molecular weight excluding hydrogens is 298 g/mol. The molecular formula is C21H27NO2. The first kappa shape index (κ1) is 16.8. The highest BCUT2D eigenvalue weighted by molar-refractivity contribution is 5.43. The fourth-order valence-electron chi connectivity index (χ4n) is 3.18. The Morgan fingerprint density at radius 3 is 2.38 bits per heavy atom. The normalized spacial score (nSPS) is 14.8. The summed E-state index contributed by atoms with van der Waals surface area (Å²) in [5.74, 6) is 1.59. The number of aryl methyl sites for hydroxylation is 1. The molecule has 0 aliphatic heterocycles. The van der Waals surface area contributed by atoms with Gasteiger partial charge in [-0.25, -0.2) is 0 Å². The van der Waals surface area contributed by atoms with Gasteiger partial charge in [0, 0.05) is 12.6 Å². The lowest BCUT2D eigenvalue weighted by atomic mass is 10.1. The number of hydrogen-bond donors (Lipinski definition) is 1. The van der Waals surface area contributed by atoms with Crippen molar-refractivity contribution in [3.8, 4) is 11.5 Å². The molecule has 1 N–H and O–H groups in total. The van der Waals surface area contributed by atoms with Gasteiger partial charge in [-0.15, -0.1) is 0 Å². The molecule has 2 aromatic carbocycles. The molecule has 3 nitrogen and oxygen atoms in total. The highest BCUT2D eigenvalue weighted by Gasteiger charge is 2.14. The van der Waals surface area contributed by atoms with E-state index < -0.39 is 0 Å². The SMILES string of the molecule is COc1cc(CNC2CCCC2)ccc1OCc1ccc(C)cc1. The minimum Gasteiger partial charge on any atom is -0.493 e. The van der Waals surface area contributed by atoms with Gasteiger partial charge in [0.05, 0.1) is 7.11 Å². The minimum absolute atomic E-state index is 0.552. The Morgan fingerprint density at radius 1 is 0.958 bits per heavy atom. The van der Waals surface area contributed by atoms with Gasteiger partial charge < -0.3 is 14.8 Å². The fourth-order valence-corrected chi connectivity index (χ4v) is 3.18. The summed E-state index contributed by atoms with van der Waals surface area (Å²) in [6, 6.07) is 15.3. The van der Waals surface area contributed by atoms with E-state index in [0.717, 1.165) is 23.6 Å². The van der Waals surface area contributed by atoms with E-state index in [-0.39, 0.29) is 0 Å². The predicted molar refractivity (Wildman–Crippen MR) is 97.6 cm³/mol. The van der Waals surface area contributed by atoms with Crippen molar-refractivity contribution in [1.29, 1.82) is 0 Å². The molecule has 3 rings (SSSR count). The van der Waals surface area contributed by atoms with Gasteiger partial charge in [0.2, 0.25) is 0 Å². The summed E-state index contributed by atoms with van der Waals surface area (Å²) in [7, 11) is 1.70. The van der Waals surface area contributed by atoms with Crippen LogP contribution in [0.3, 0.4) is 0 Å².